The lowest BCUT2D eigenvalue weighted by molar-refractivity contribution is 0.767. The van der Waals surface area contributed by atoms with Gasteiger partial charge >= 0.3 is 0 Å². The van der Waals surface area contributed by atoms with Crippen LogP contribution >= 0.6 is 0 Å². The van der Waals surface area contributed by atoms with E-state index in [1.165, 1.54) is 83.0 Å². The van der Waals surface area contributed by atoms with Gasteiger partial charge in [0.15, 0.2) is 0 Å². The Morgan fingerprint density at radius 1 is 0.275 bits per heavy atom. The van der Waals surface area contributed by atoms with Crippen molar-refractivity contribution in [2.75, 3.05) is 4.90 Å². The first kappa shape index (κ1) is 40.3. The Balaban J connectivity index is 0.891. The van der Waals surface area contributed by atoms with Crippen molar-refractivity contribution in [2.45, 2.75) is 5.41 Å². The van der Waals surface area contributed by atoms with Crippen molar-refractivity contribution in [3.05, 3.63) is 301 Å². The van der Waals surface area contributed by atoms with Crippen molar-refractivity contribution in [1.82, 2.24) is 4.57 Å². The fourth-order valence-corrected chi connectivity index (χ4v) is 11.1. The maximum Gasteiger partial charge on any atom is 0.0714 e. The Bertz CT molecular complexity index is 3760. The van der Waals surface area contributed by atoms with Gasteiger partial charge in [0.1, 0.15) is 0 Å². The number of fused-ring (bicyclic) bond motifs is 6. The van der Waals surface area contributed by atoms with Crippen molar-refractivity contribution in [2.24, 2.45) is 0 Å². The van der Waals surface area contributed by atoms with Crippen LogP contribution in [0.2, 0.25) is 0 Å². The number of benzene rings is 11. The number of nitrogens with zero attached hydrogens (tertiary/aromatic N) is 2. The molecule has 0 unspecified atom stereocenters. The predicted octanol–water partition coefficient (Wildman–Crippen LogP) is 17.6. The predicted molar refractivity (Wildman–Crippen MR) is 289 cm³/mol. The summed E-state index contributed by atoms with van der Waals surface area (Å²) in [5, 5.41) is 2.48. The Hall–Kier alpha value is -8.98. The molecule has 1 aliphatic carbocycles. The van der Waals surface area contributed by atoms with Gasteiger partial charge in [-0.1, -0.05) is 218 Å². The normalized spacial score (nSPS) is 12.5. The van der Waals surface area contributed by atoms with Crippen LogP contribution in [0.1, 0.15) is 22.3 Å². The molecule has 69 heavy (non-hydrogen) atoms. The SMILES string of the molecule is c1ccc(-c2ccc(N(c3ccccc3)c3cccc(-c4ccc(-c5ccc6c7ccccc7n(-c7ccc8c(c7)C(c7ccccc7)(c7ccccc7)c7ccccc7-8)c6c5)cc4)c3)cc2)cc1. The van der Waals surface area contributed by atoms with Crippen LogP contribution in [0.3, 0.4) is 0 Å². The molecule has 0 aliphatic heterocycles. The van der Waals surface area contributed by atoms with Crippen LogP contribution in [0.4, 0.5) is 17.1 Å². The molecule has 0 spiro atoms. The zero-order valence-corrected chi connectivity index (χ0v) is 38.0. The van der Waals surface area contributed by atoms with E-state index in [0.717, 1.165) is 28.3 Å². The van der Waals surface area contributed by atoms with E-state index in [4.69, 9.17) is 0 Å². The molecule has 13 rings (SSSR count). The van der Waals surface area contributed by atoms with E-state index in [1.54, 1.807) is 0 Å². The quantitative estimate of drug-likeness (QED) is 0.140. The molecular weight excluding hydrogens is 833 g/mol. The summed E-state index contributed by atoms with van der Waals surface area (Å²) in [6, 6.07) is 102. The fraction of sp³-hybridized carbons (Fsp3) is 0.0149. The Kier molecular flexibility index (Phi) is 9.77. The van der Waals surface area contributed by atoms with Crippen molar-refractivity contribution in [1.29, 1.82) is 0 Å². The highest BCUT2D eigenvalue weighted by atomic mass is 15.1. The van der Waals surface area contributed by atoms with Gasteiger partial charge in [0, 0.05) is 33.5 Å². The van der Waals surface area contributed by atoms with Gasteiger partial charge in [-0.3, -0.25) is 0 Å². The molecule has 12 aromatic rings. The van der Waals surface area contributed by atoms with Crippen molar-refractivity contribution in [3.8, 4) is 50.2 Å². The number of hydrogen-bond acceptors (Lipinski definition) is 1. The maximum absolute atomic E-state index is 2.48. The molecule has 1 heterocycles. The van der Waals surface area contributed by atoms with E-state index in [2.05, 4.69) is 289 Å². The molecule has 324 valence electrons. The summed E-state index contributed by atoms with van der Waals surface area (Å²) in [6.07, 6.45) is 0. The summed E-state index contributed by atoms with van der Waals surface area (Å²) in [6.45, 7) is 0. The van der Waals surface area contributed by atoms with Crippen LogP contribution in [0, 0.1) is 0 Å². The Morgan fingerprint density at radius 3 is 1.46 bits per heavy atom. The summed E-state index contributed by atoms with van der Waals surface area (Å²) in [4.78, 5) is 2.34. The lowest BCUT2D eigenvalue weighted by Gasteiger charge is -2.34. The molecule has 1 aromatic heterocycles. The van der Waals surface area contributed by atoms with Crippen molar-refractivity contribution in [3.63, 3.8) is 0 Å². The monoisotopic (exact) mass is 878 g/mol. The first-order chi connectivity index (χ1) is 34.2. The highest BCUT2D eigenvalue weighted by Gasteiger charge is 2.46. The largest absolute Gasteiger partial charge is 0.310 e. The van der Waals surface area contributed by atoms with E-state index < -0.39 is 5.41 Å². The van der Waals surface area contributed by atoms with Crippen LogP contribution in [-0.2, 0) is 5.41 Å². The van der Waals surface area contributed by atoms with Gasteiger partial charge in [-0.15, -0.1) is 0 Å². The van der Waals surface area contributed by atoms with E-state index in [1.807, 2.05) is 0 Å². The molecule has 0 saturated carbocycles. The molecule has 0 amide bonds. The smallest absolute Gasteiger partial charge is 0.0714 e. The van der Waals surface area contributed by atoms with Gasteiger partial charge < -0.3 is 9.47 Å². The average molecular weight is 879 g/mol. The molecule has 0 atom stereocenters. The van der Waals surface area contributed by atoms with Gasteiger partial charge in [0.25, 0.3) is 0 Å². The third-order valence-electron chi connectivity index (χ3n) is 14.3. The van der Waals surface area contributed by atoms with E-state index in [0.29, 0.717) is 0 Å². The summed E-state index contributed by atoms with van der Waals surface area (Å²) in [5.41, 5.74) is 21.2. The zero-order chi connectivity index (χ0) is 45.7. The molecule has 0 N–H and O–H groups in total. The highest BCUT2D eigenvalue weighted by molar-refractivity contribution is 6.10. The molecule has 11 aromatic carbocycles. The second-order valence-electron chi connectivity index (χ2n) is 18.1. The molecule has 2 heteroatoms. The summed E-state index contributed by atoms with van der Waals surface area (Å²) in [7, 11) is 0. The van der Waals surface area contributed by atoms with Crippen LogP contribution in [0.15, 0.2) is 279 Å². The molecule has 2 nitrogen and oxygen atoms in total. The third kappa shape index (κ3) is 6.72. The maximum atomic E-state index is 2.48. The third-order valence-corrected chi connectivity index (χ3v) is 14.3. The average Bonchev–Trinajstić information content (AvgIpc) is 3.92. The first-order valence-corrected chi connectivity index (χ1v) is 23.8. The topological polar surface area (TPSA) is 8.17 Å². The second kappa shape index (κ2) is 16.7. The van der Waals surface area contributed by atoms with Crippen LogP contribution in [0.5, 0.6) is 0 Å². The molecular formula is C67H46N2. The van der Waals surface area contributed by atoms with Crippen LogP contribution < -0.4 is 4.90 Å². The summed E-state index contributed by atoms with van der Waals surface area (Å²) in [5.74, 6) is 0. The van der Waals surface area contributed by atoms with Gasteiger partial charge in [0.05, 0.1) is 16.4 Å². The number of hydrogen-bond donors (Lipinski definition) is 0. The van der Waals surface area contributed by atoms with Crippen molar-refractivity contribution < 1.29 is 0 Å². The highest BCUT2D eigenvalue weighted by Crippen LogP contribution is 2.56. The zero-order valence-electron chi connectivity index (χ0n) is 38.0. The molecule has 0 radical (unpaired) electrons. The van der Waals surface area contributed by atoms with Gasteiger partial charge in [-0.05, 0) is 127 Å². The van der Waals surface area contributed by atoms with Crippen molar-refractivity contribution >= 4 is 38.9 Å². The molecule has 0 saturated heterocycles. The minimum atomic E-state index is -0.483. The van der Waals surface area contributed by atoms with Crippen LogP contribution in [0.25, 0.3) is 72.0 Å². The minimum absolute atomic E-state index is 0.483. The van der Waals surface area contributed by atoms with Gasteiger partial charge in [-0.2, -0.15) is 0 Å². The second-order valence-corrected chi connectivity index (χ2v) is 18.1. The fourth-order valence-electron chi connectivity index (χ4n) is 11.1. The minimum Gasteiger partial charge on any atom is -0.310 e. The standard InChI is InChI=1S/C67H46N2/c1-5-18-47(19-6-1)48-36-39-56(40-37-48)68(55-25-11-4-12-26-55)57-27-17-20-51(44-57)49-32-34-50(35-33-49)52-38-42-62-61-29-14-16-31-65(61)69(66(62)45-52)58-41-43-60-59-28-13-15-30-63(59)67(64(60)46-58,53-21-7-2-8-22-53)54-23-9-3-10-24-54/h1-46H. The molecule has 1 aliphatic rings. The number of rotatable bonds is 9. The lowest BCUT2D eigenvalue weighted by atomic mass is 9.67. The molecule has 0 fully saturated rings. The Labute approximate surface area is 403 Å². The van der Waals surface area contributed by atoms with Gasteiger partial charge in [-0.25, -0.2) is 0 Å². The van der Waals surface area contributed by atoms with E-state index in [-0.39, 0.29) is 0 Å². The van der Waals surface area contributed by atoms with Gasteiger partial charge in [0.2, 0.25) is 0 Å². The van der Waals surface area contributed by atoms with Crippen LogP contribution in [-0.4, -0.2) is 4.57 Å². The Morgan fingerprint density at radius 2 is 0.754 bits per heavy atom. The summed E-state index contributed by atoms with van der Waals surface area (Å²) >= 11 is 0. The number of para-hydroxylation sites is 2. The first-order valence-electron chi connectivity index (χ1n) is 23.8. The van der Waals surface area contributed by atoms with E-state index >= 15 is 0 Å². The summed E-state index contributed by atoms with van der Waals surface area (Å²) < 4.78 is 2.48. The van der Waals surface area contributed by atoms with E-state index in [9.17, 15) is 0 Å². The number of anilines is 3. The number of aromatic nitrogens is 1. The lowest BCUT2D eigenvalue weighted by Crippen LogP contribution is -2.28. The molecule has 0 bridgehead atoms.